The summed E-state index contributed by atoms with van der Waals surface area (Å²) in [5, 5.41) is 4.47. The zero-order valence-corrected chi connectivity index (χ0v) is 18.5. The number of anilines is 1. The zero-order valence-electron chi connectivity index (χ0n) is 18.5. The predicted molar refractivity (Wildman–Crippen MR) is 126 cm³/mol. The largest absolute Gasteiger partial charge is 0.489 e. The second-order valence-electron chi connectivity index (χ2n) is 8.31. The van der Waals surface area contributed by atoms with Crippen LogP contribution in [0.1, 0.15) is 37.1 Å². The van der Waals surface area contributed by atoms with Crippen LogP contribution in [0.5, 0.6) is 5.75 Å². The maximum Gasteiger partial charge on any atom is 0.219 e. The van der Waals surface area contributed by atoms with Gasteiger partial charge in [0.2, 0.25) is 5.91 Å². The number of carbonyl (C=O) groups excluding carboxylic acids is 1. The molecule has 0 saturated carbocycles. The van der Waals surface area contributed by atoms with Gasteiger partial charge in [0.15, 0.2) is 5.82 Å². The second kappa shape index (κ2) is 8.90. The molecule has 1 aliphatic rings. The first-order chi connectivity index (χ1) is 16.1. The monoisotopic (exact) mass is 442 g/mol. The van der Waals surface area contributed by atoms with Crippen molar-refractivity contribution in [1.29, 1.82) is 0 Å². The van der Waals surface area contributed by atoms with Crippen LogP contribution in [0, 0.1) is 0 Å². The fraction of sp³-hybridized carbons (Fsp3) is 0.280. The van der Waals surface area contributed by atoms with Crippen LogP contribution in [0.25, 0.3) is 16.8 Å². The lowest BCUT2D eigenvalue weighted by atomic mass is 9.96. The minimum atomic E-state index is 0.112. The Morgan fingerprint density at radius 2 is 1.91 bits per heavy atom. The minimum absolute atomic E-state index is 0.112. The summed E-state index contributed by atoms with van der Waals surface area (Å²) >= 11 is 0. The van der Waals surface area contributed by atoms with E-state index in [1.54, 1.807) is 6.92 Å². The van der Waals surface area contributed by atoms with Gasteiger partial charge >= 0.3 is 0 Å². The maximum atomic E-state index is 11.7. The molecule has 1 aliphatic heterocycles. The highest BCUT2D eigenvalue weighted by Crippen LogP contribution is 2.34. The Balaban J connectivity index is 1.47. The van der Waals surface area contributed by atoms with Crippen LogP contribution >= 0.6 is 0 Å². The summed E-state index contributed by atoms with van der Waals surface area (Å²) in [6.45, 7) is 3.53. The molecule has 1 saturated heterocycles. The van der Waals surface area contributed by atoms with Gasteiger partial charge in [-0.15, -0.1) is 0 Å². The van der Waals surface area contributed by atoms with Gasteiger partial charge in [-0.2, -0.15) is 5.10 Å². The van der Waals surface area contributed by atoms with Crippen LogP contribution in [-0.4, -0.2) is 43.5 Å². The summed E-state index contributed by atoms with van der Waals surface area (Å²) in [6.07, 6.45) is 3.13. The number of hydrogen-bond donors (Lipinski definition) is 1. The molecule has 2 N–H and O–H groups in total. The van der Waals surface area contributed by atoms with Gasteiger partial charge in [0.1, 0.15) is 35.7 Å². The lowest BCUT2D eigenvalue weighted by molar-refractivity contribution is -0.129. The number of imidazole rings is 1. The third-order valence-electron chi connectivity index (χ3n) is 6.15. The van der Waals surface area contributed by atoms with Crippen LogP contribution in [0.3, 0.4) is 0 Å². The van der Waals surface area contributed by atoms with E-state index in [0.717, 1.165) is 41.2 Å². The van der Waals surface area contributed by atoms with Crippen molar-refractivity contribution in [2.45, 2.75) is 32.3 Å². The third-order valence-corrected chi connectivity index (χ3v) is 6.15. The minimum Gasteiger partial charge on any atom is -0.489 e. The first-order valence-electron chi connectivity index (χ1n) is 11.1. The van der Waals surface area contributed by atoms with Crippen molar-refractivity contribution in [3.05, 3.63) is 72.3 Å². The number of hydrogen-bond acceptors (Lipinski definition) is 6. The van der Waals surface area contributed by atoms with Crippen molar-refractivity contribution in [3.63, 3.8) is 0 Å². The fourth-order valence-corrected chi connectivity index (χ4v) is 4.37. The molecule has 3 heterocycles. The molecule has 0 aliphatic carbocycles. The average molecular weight is 443 g/mol. The summed E-state index contributed by atoms with van der Waals surface area (Å²) in [4.78, 5) is 22.8. The summed E-state index contributed by atoms with van der Waals surface area (Å²) in [6, 6.07) is 17.9. The van der Waals surface area contributed by atoms with Gasteiger partial charge in [-0.1, -0.05) is 42.5 Å². The molecule has 168 valence electrons. The standard InChI is InChI=1S/C25H26N6O2/c1-17(32)30-12-10-19(11-13-30)25-29-22(23-24(26)27-16-28-31(23)25)20-8-5-9-21(14-20)33-15-18-6-3-2-4-7-18/h2-9,14,16,19H,10-13,15H2,1H3,(H2,26,27,28). The summed E-state index contributed by atoms with van der Waals surface area (Å²) < 4.78 is 7.83. The van der Waals surface area contributed by atoms with Crippen LogP contribution in [0.2, 0.25) is 0 Å². The van der Waals surface area contributed by atoms with Gasteiger partial charge in [-0.3, -0.25) is 4.79 Å². The van der Waals surface area contributed by atoms with Gasteiger partial charge < -0.3 is 15.4 Å². The highest BCUT2D eigenvalue weighted by atomic mass is 16.5. The van der Waals surface area contributed by atoms with Crippen molar-refractivity contribution in [2.75, 3.05) is 18.8 Å². The third kappa shape index (κ3) is 4.24. The molecule has 2 aromatic carbocycles. The summed E-state index contributed by atoms with van der Waals surface area (Å²) in [5.41, 5.74) is 9.71. The van der Waals surface area contributed by atoms with Crippen molar-refractivity contribution < 1.29 is 9.53 Å². The van der Waals surface area contributed by atoms with E-state index in [4.69, 9.17) is 15.5 Å². The molecule has 0 atom stereocenters. The van der Waals surface area contributed by atoms with Crippen LogP contribution in [0.15, 0.2) is 60.9 Å². The van der Waals surface area contributed by atoms with Crippen molar-refractivity contribution >= 4 is 17.2 Å². The SMILES string of the molecule is CC(=O)N1CCC(c2nc(-c3cccc(OCc4ccccc4)c3)c3c(N)ncnn23)CC1. The van der Waals surface area contributed by atoms with Crippen molar-refractivity contribution in [3.8, 4) is 17.0 Å². The summed E-state index contributed by atoms with van der Waals surface area (Å²) in [7, 11) is 0. The number of piperidine rings is 1. The number of likely N-dealkylation sites (tertiary alicyclic amines) is 1. The Morgan fingerprint density at radius 3 is 2.67 bits per heavy atom. The first-order valence-corrected chi connectivity index (χ1v) is 11.1. The molecule has 33 heavy (non-hydrogen) atoms. The quantitative estimate of drug-likeness (QED) is 0.506. The molecule has 0 unspecified atom stereocenters. The Labute approximate surface area is 192 Å². The number of benzene rings is 2. The molecule has 4 aromatic rings. The second-order valence-corrected chi connectivity index (χ2v) is 8.31. The van der Waals surface area contributed by atoms with Gasteiger partial charge in [-0.05, 0) is 30.5 Å². The lowest BCUT2D eigenvalue weighted by Gasteiger charge is -2.30. The van der Waals surface area contributed by atoms with E-state index in [2.05, 4.69) is 10.1 Å². The Kier molecular flexibility index (Phi) is 5.64. The number of nitrogens with zero attached hydrogens (tertiary/aromatic N) is 5. The van der Waals surface area contributed by atoms with Gasteiger partial charge in [0, 0.05) is 31.5 Å². The highest BCUT2D eigenvalue weighted by molar-refractivity contribution is 5.85. The molecular formula is C25H26N6O2. The van der Waals surface area contributed by atoms with E-state index in [9.17, 15) is 4.79 Å². The topological polar surface area (TPSA) is 98.6 Å². The van der Waals surface area contributed by atoms with Crippen molar-refractivity contribution in [2.24, 2.45) is 0 Å². The molecule has 8 nitrogen and oxygen atoms in total. The number of aromatic nitrogens is 4. The first kappa shape index (κ1) is 20.9. The number of carbonyl (C=O) groups is 1. The number of ether oxygens (including phenoxy) is 1. The Bertz CT molecular complexity index is 1280. The number of nitrogens with two attached hydrogens (primary N) is 1. The molecule has 1 amide bonds. The molecule has 0 radical (unpaired) electrons. The highest BCUT2D eigenvalue weighted by Gasteiger charge is 2.28. The molecule has 8 heteroatoms. The number of nitrogen functional groups attached to an aromatic ring is 1. The molecule has 0 spiro atoms. The predicted octanol–water partition coefficient (Wildman–Crippen LogP) is 3.68. The van der Waals surface area contributed by atoms with Crippen molar-refractivity contribution in [1.82, 2.24) is 24.5 Å². The maximum absolute atomic E-state index is 11.7. The number of rotatable bonds is 5. The number of amides is 1. The van der Waals surface area contributed by atoms with Crippen LogP contribution in [-0.2, 0) is 11.4 Å². The molecule has 1 fully saturated rings. The van der Waals surface area contributed by atoms with Crippen LogP contribution < -0.4 is 10.5 Å². The van der Waals surface area contributed by atoms with E-state index >= 15 is 0 Å². The van der Waals surface area contributed by atoms with E-state index in [-0.39, 0.29) is 11.8 Å². The van der Waals surface area contributed by atoms with E-state index in [1.807, 2.05) is 64.0 Å². The van der Waals surface area contributed by atoms with Gasteiger partial charge in [0.25, 0.3) is 0 Å². The normalized spacial score (nSPS) is 14.5. The van der Waals surface area contributed by atoms with Crippen LogP contribution in [0.4, 0.5) is 5.82 Å². The lowest BCUT2D eigenvalue weighted by Crippen LogP contribution is -2.36. The van der Waals surface area contributed by atoms with E-state index in [1.165, 1.54) is 6.33 Å². The Morgan fingerprint density at radius 1 is 1.12 bits per heavy atom. The van der Waals surface area contributed by atoms with Gasteiger partial charge in [-0.25, -0.2) is 14.5 Å². The number of fused-ring (bicyclic) bond motifs is 1. The zero-order chi connectivity index (χ0) is 22.8. The van der Waals surface area contributed by atoms with E-state index in [0.29, 0.717) is 31.0 Å². The smallest absolute Gasteiger partial charge is 0.219 e. The molecule has 0 bridgehead atoms. The molecule has 5 rings (SSSR count). The van der Waals surface area contributed by atoms with Gasteiger partial charge in [0.05, 0.1) is 0 Å². The fourth-order valence-electron chi connectivity index (χ4n) is 4.37. The van der Waals surface area contributed by atoms with E-state index < -0.39 is 0 Å². The molecular weight excluding hydrogens is 416 g/mol. The average Bonchev–Trinajstić information content (AvgIpc) is 3.25. The molecule has 2 aromatic heterocycles. The summed E-state index contributed by atoms with van der Waals surface area (Å²) in [5.74, 6) is 2.29. The Hall–Kier alpha value is -3.94.